The van der Waals surface area contributed by atoms with E-state index in [0.29, 0.717) is 5.15 Å². The second kappa shape index (κ2) is 7.41. The maximum atomic E-state index is 6.15. The Bertz CT molecular complexity index is 690. The van der Waals surface area contributed by atoms with Crippen LogP contribution in [-0.4, -0.2) is 29.6 Å². The van der Waals surface area contributed by atoms with Crippen molar-refractivity contribution in [2.24, 2.45) is 0 Å². The Labute approximate surface area is 148 Å². The summed E-state index contributed by atoms with van der Waals surface area (Å²) in [5, 5.41) is 0.503. The highest BCUT2D eigenvalue weighted by Gasteiger charge is 2.29. The fourth-order valence-corrected chi connectivity index (χ4v) is 3.18. The minimum Gasteiger partial charge on any atom is -0.497 e. The average Bonchev–Trinajstić information content (AvgIpc) is 2.73. The van der Waals surface area contributed by atoms with Crippen molar-refractivity contribution in [3.8, 4) is 11.5 Å². The number of nitrogens with zero attached hydrogens (tertiary/aromatic N) is 2. The van der Waals surface area contributed by atoms with Crippen LogP contribution >= 0.6 is 11.6 Å². The van der Waals surface area contributed by atoms with E-state index in [-0.39, 0.29) is 12.1 Å². The fourth-order valence-electron chi connectivity index (χ4n) is 3.03. The summed E-state index contributed by atoms with van der Waals surface area (Å²) < 4.78 is 11.4. The molecular weight excluding hydrogens is 324 g/mol. The SMILES string of the molecule is CC[C@@H]1CN(Cc2ccc(OC)cc2)[C@H](C)c2nc(Cl)ccc2O1. The van der Waals surface area contributed by atoms with E-state index in [0.717, 1.165) is 36.7 Å². The molecule has 2 atom stereocenters. The summed E-state index contributed by atoms with van der Waals surface area (Å²) in [7, 11) is 1.68. The van der Waals surface area contributed by atoms with Crippen LogP contribution in [0.4, 0.5) is 0 Å². The molecule has 1 aliphatic heterocycles. The zero-order chi connectivity index (χ0) is 17.1. The number of pyridine rings is 1. The van der Waals surface area contributed by atoms with E-state index in [1.807, 2.05) is 18.2 Å². The van der Waals surface area contributed by atoms with Crippen molar-refractivity contribution < 1.29 is 9.47 Å². The molecule has 1 aliphatic rings. The van der Waals surface area contributed by atoms with Crippen LogP contribution in [0.5, 0.6) is 11.5 Å². The van der Waals surface area contributed by atoms with Gasteiger partial charge in [0.2, 0.25) is 0 Å². The standard InChI is InChI=1S/C19H23ClN2O2/c1-4-15-12-22(11-14-5-7-16(23-3)8-6-14)13(2)19-17(24-15)9-10-18(20)21-19/h5-10,13,15H,4,11-12H2,1-3H3/t13-,15-/m1/s1. The third-order valence-electron chi connectivity index (χ3n) is 4.53. The van der Waals surface area contributed by atoms with Gasteiger partial charge in [-0.25, -0.2) is 4.98 Å². The zero-order valence-electron chi connectivity index (χ0n) is 14.3. The maximum Gasteiger partial charge on any atom is 0.143 e. The number of fused-ring (bicyclic) bond motifs is 1. The van der Waals surface area contributed by atoms with Gasteiger partial charge >= 0.3 is 0 Å². The lowest BCUT2D eigenvalue weighted by Gasteiger charge is -2.28. The predicted octanol–water partition coefficient (Wildman–Crippen LogP) is 4.48. The number of ether oxygens (including phenoxy) is 2. The molecule has 0 saturated carbocycles. The van der Waals surface area contributed by atoms with Crippen molar-refractivity contribution in [1.29, 1.82) is 0 Å². The predicted molar refractivity (Wildman–Crippen MR) is 95.8 cm³/mol. The average molecular weight is 347 g/mol. The molecule has 0 fully saturated rings. The molecule has 5 heteroatoms. The van der Waals surface area contributed by atoms with Crippen LogP contribution in [0.3, 0.4) is 0 Å². The van der Waals surface area contributed by atoms with Crippen LogP contribution in [0.25, 0.3) is 0 Å². The summed E-state index contributed by atoms with van der Waals surface area (Å²) in [5.74, 6) is 1.72. The molecule has 3 rings (SSSR count). The summed E-state index contributed by atoms with van der Waals surface area (Å²) in [4.78, 5) is 6.92. The first-order valence-corrected chi connectivity index (χ1v) is 8.68. The minimum atomic E-state index is 0.136. The summed E-state index contributed by atoms with van der Waals surface area (Å²) in [6, 6.07) is 12.1. The lowest BCUT2D eigenvalue weighted by atomic mass is 10.1. The van der Waals surface area contributed by atoms with E-state index in [9.17, 15) is 0 Å². The second-order valence-electron chi connectivity index (χ2n) is 6.12. The first kappa shape index (κ1) is 17.1. The molecule has 2 heterocycles. The third-order valence-corrected chi connectivity index (χ3v) is 4.74. The molecule has 4 nitrogen and oxygen atoms in total. The van der Waals surface area contributed by atoms with Gasteiger partial charge in [-0.15, -0.1) is 0 Å². The smallest absolute Gasteiger partial charge is 0.143 e. The molecule has 2 aromatic rings. The van der Waals surface area contributed by atoms with Crippen molar-refractivity contribution in [3.63, 3.8) is 0 Å². The topological polar surface area (TPSA) is 34.6 Å². The Hall–Kier alpha value is -1.78. The van der Waals surface area contributed by atoms with E-state index in [1.54, 1.807) is 13.2 Å². The van der Waals surface area contributed by atoms with Gasteiger partial charge in [-0.05, 0) is 43.2 Å². The van der Waals surface area contributed by atoms with Gasteiger partial charge in [0.1, 0.15) is 28.5 Å². The van der Waals surface area contributed by atoms with E-state index in [4.69, 9.17) is 21.1 Å². The molecule has 128 valence electrons. The van der Waals surface area contributed by atoms with Crippen LogP contribution < -0.4 is 9.47 Å². The maximum absolute atomic E-state index is 6.15. The van der Waals surface area contributed by atoms with Crippen LogP contribution in [0.1, 0.15) is 37.6 Å². The largest absolute Gasteiger partial charge is 0.497 e. The molecule has 1 aromatic heterocycles. The van der Waals surface area contributed by atoms with Gasteiger partial charge in [-0.3, -0.25) is 4.90 Å². The molecule has 24 heavy (non-hydrogen) atoms. The molecule has 0 unspecified atom stereocenters. The Morgan fingerprint density at radius 3 is 2.67 bits per heavy atom. The van der Waals surface area contributed by atoms with Gasteiger partial charge in [0.25, 0.3) is 0 Å². The number of hydrogen-bond donors (Lipinski definition) is 0. The van der Waals surface area contributed by atoms with Crippen molar-refractivity contribution in [1.82, 2.24) is 9.88 Å². The van der Waals surface area contributed by atoms with E-state index < -0.39 is 0 Å². The fraction of sp³-hybridized carbons (Fsp3) is 0.421. The van der Waals surface area contributed by atoms with E-state index in [1.165, 1.54) is 5.56 Å². The monoisotopic (exact) mass is 346 g/mol. The van der Waals surface area contributed by atoms with Crippen LogP contribution in [0.2, 0.25) is 5.15 Å². The summed E-state index contributed by atoms with van der Waals surface area (Å²) in [5.41, 5.74) is 2.15. The normalized spacial score (nSPS) is 20.8. The van der Waals surface area contributed by atoms with Crippen molar-refractivity contribution in [3.05, 3.63) is 52.8 Å². The van der Waals surface area contributed by atoms with Gasteiger partial charge in [-0.2, -0.15) is 0 Å². The molecular formula is C19H23ClN2O2. The lowest BCUT2D eigenvalue weighted by Crippen LogP contribution is -2.34. The highest BCUT2D eigenvalue weighted by Crippen LogP contribution is 2.34. The van der Waals surface area contributed by atoms with Crippen LogP contribution in [0, 0.1) is 0 Å². The van der Waals surface area contributed by atoms with Gasteiger partial charge in [0.15, 0.2) is 0 Å². The van der Waals surface area contributed by atoms with Gasteiger partial charge in [0, 0.05) is 13.1 Å². The molecule has 0 amide bonds. The minimum absolute atomic E-state index is 0.136. The van der Waals surface area contributed by atoms with Crippen LogP contribution in [0.15, 0.2) is 36.4 Å². The molecule has 0 spiro atoms. The van der Waals surface area contributed by atoms with Gasteiger partial charge < -0.3 is 9.47 Å². The summed E-state index contributed by atoms with van der Waals surface area (Å²) in [6.07, 6.45) is 1.10. The molecule has 0 saturated heterocycles. The van der Waals surface area contributed by atoms with Crippen molar-refractivity contribution in [2.75, 3.05) is 13.7 Å². The first-order chi connectivity index (χ1) is 11.6. The second-order valence-corrected chi connectivity index (χ2v) is 6.51. The lowest BCUT2D eigenvalue weighted by molar-refractivity contribution is 0.121. The number of benzene rings is 1. The highest BCUT2D eigenvalue weighted by molar-refractivity contribution is 6.29. The number of rotatable bonds is 4. The Morgan fingerprint density at radius 2 is 2.00 bits per heavy atom. The molecule has 0 N–H and O–H groups in total. The number of halogens is 1. The molecule has 1 aromatic carbocycles. The quantitative estimate of drug-likeness (QED) is 0.764. The number of methoxy groups -OCH3 is 1. The Morgan fingerprint density at radius 1 is 1.25 bits per heavy atom. The highest BCUT2D eigenvalue weighted by atomic mass is 35.5. The first-order valence-electron chi connectivity index (χ1n) is 8.30. The summed E-state index contributed by atoms with van der Waals surface area (Å²) >= 11 is 6.11. The van der Waals surface area contributed by atoms with Crippen molar-refractivity contribution in [2.45, 2.75) is 39.0 Å². The van der Waals surface area contributed by atoms with Gasteiger partial charge in [-0.1, -0.05) is 30.7 Å². The zero-order valence-corrected chi connectivity index (χ0v) is 15.1. The van der Waals surface area contributed by atoms with E-state index >= 15 is 0 Å². The number of aromatic nitrogens is 1. The van der Waals surface area contributed by atoms with Crippen LogP contribution in [-0.2, 0) is 6.54 Å². The molecule has 0 bridgehead atoms. The number of hydrogen-bond acceptors (Lipinski definition) is 4. The van der Waals surface area contributed by atoms with Crippen molar-refractivity contribution >= 4 is 11.6 Å². The Kier molecular flexibility index (Phi) is 5.27. The third kappa shape index (κ3) is 3.65. The molecule has 0 aliphatic carbocycles. The van der Waals surface area contributed by atoms with Gasteiger partial charge in [0.05, 0.1) is 13.2 Å². The Balaban J connectivity index is 1.87. The van der Waals surface area contributed by atoms with E-state index in [2.05, 4.69) is 35.9 Å². The molecule has 0 radical (unpaired) electrons. The summed E-state index contributed by atoms with van der Waals surface area (Å²) in [6.45, 7) is 6.00.